The Hall–Kier alpha value is -3.89. The lowest BCUT2D eigenvalue weighted by atomic mass is 9.96. The second kappa shape index (κ2) is 8.35. The molecule has 0 bridgehead atoms. The van der Waals surface area contributed by atoms with Gasteiger partial charge in [-0.1, -0.05) is 0 Å². The quantitative estimate of drug-likeness (QED) is 0.417. The van der Waals surface area contributed by atoms with Crippen molar-refractivity contribution in [2.24, 2.45) is 14.1 Å². The highest BCUT2D eigenvalue weighted by molar-refractivity contribution is 5.99. The highest BCUT2D eigenvalue weighted by Crippen LogP contribution is 2.38. The second-order valence-corrected chi connectivity index (χ2v) is 8.99. The predicted octanol–water partition coefficient (Wildman–Crippen LogP) is 4.46. The average molecular weight is 499 g/mol. The van der Waals surface area contributed by atoms with Crippen LogP contribution in [0.3, 0.4) is 0 Å². The van der Waals surface area contributed by atoms with Crippen molar-refractivity contribution in [1.82, 2.24) is 29.4 Å². The molecule has 188 valence electrons. The number of aromatic nitrogens is 5. The lowest BCUT2D eigenvalue weighted by Crippen LogP contribution is -2.38. The van der Waals surface area contributed by atoms with E-state index in [1.54, 1.807) is 41.9 Å². The normalized spacial score (nSPS) is 15.9. The van der Waals surface area contributed by atoms with Crippen LogP contribution in [0.15, 0.2) is 30.3 Å². The number of halogens is 3. The van der Waals surface area contributed by atoms with Gasteiger partial charge in [-0.15, -0.1) is 0 Å². The molecule has 1 aliphatic heterocycles. The van der Waals surface area contributed by atoms with Crippen molar-refractivity contribution in [1.29, 1.82) is 0 Å². The molecule has 0 N–H and O–H groups in total. The number of pyridine rings is 1. The first-order chi connectivity index (χ1) is 17.0. The molecular weight excluding hydrogens is 473 g/mol. The van der Waals surface area contributed by atoms with Crippen LogP contribution in [0, 0.1) is 6.92 Å². The zero-order chi connectivity index (χ0) is 25.9. The third-order valence-corrected chi connectivity index (χ3v) is 6.68. The van der Waals surface area contributed by atoms with Crippen LogP contribution in [0.4, 0.5) is 13.2 Å². The van der Waals surface area contributed by atoms with E-state index in [4.69, 9.17) is 4.74 Å². The molecule has 1 atom stereocenters. The van der Waals surface area contributed by atoms with Gasteiger partial charge in [0.25, 0.3) is 5.91 Å². The van der Waals surface area contributed by atoms with E-state index in [0.717, 1.165) is 28.2 Å². The van der Waals surface area contributed by atoms with Gasteiger partial charge in [0.15, 0.2) is 5.69 Å². The fourth-order valence-electron chi connectivity index (χ4n) is 4.96. The Labute approximate surface area is 205 Å². The number of ether oxygens (including phenoxy) is 1. The minimum Gasteiger partial charge on any atom is -0.496 e. The lowest BCUT2D eigenvalue weighted by molar-refractivity contribution is -0.141. The van der Waals surface area contributed by atoms with Crippen molar-refractivity contribution in [2.75, 3.05) is 13.7 Å². The third-order valence-electron chi connectivity index (χ3n) is 6.68. The Morgan fingerprint density at radius 1 is 1.11 bits per heavy atom. The van der Waals surface area contributed by atoms with Gasteiger partial charge in [0.05, 0.1) is 35.8 Å². The summed E-state index contributed by atoms with van der Waals surface area (Å²) in [6, 6.07) is 7.82. The SMILES string of the molecule is COc1cc(C)nc2ccc(C(=O)N3CCc4c(nn(C)c4-c4cc(C(F)(F)F)nn4C)[C@@H]3C)cc12. The molecule has 5 rings (SSSR count). The van der Waals surface area contributed by atoms with Crippen molar-refractivity contribution < 1.29 is 22.7 Å². The van der Waals surface area contributed by atoms with Crippen LogP contribution in [0.25, 0.3) is 22.3 Å². The first kappa shape index (κ1) is 23.8. The largest absolute Gasteiger partial charge is 0.496 e. The maximum atomic E-state index is 13.6. The van der Waals surface area contributed by atoms with Gasteiger partial charge in [-0.3, -0.25) is 19.1 Å². The Kier molecular flexibility index (Phi) is 5.53. The van der Waals surface area contributed by atoms with Gasteiger partial charge in [0.1, 0.15) is 5.75 Å². The topological polar surface area (TPSA) is 78.1 Å². The Morgan fingerprint density at radius 3 is 2.53 bits per heavy atom. The smallest absolute Gasteiger partial charge is 0.435 e. The molecule has 0 aliphatic carbocycles. The fourth-order valence-corrected chi connectivity index (χ4v) is 4.96. The Bertz CT molecular complexity index is 1500. The van der Waals surface area contributed by atoms with E-state index in [0.29, 0.717) is 41.4 Å². The number of methoxy groups -OCH3 is 1. The maximum absolute atomic E-state index is 13.6. The number of aryl methyl sites for hydroxylation is 3. The summed E-state index contributed by atoms with van der Waals surface area (Å²) in [5, 5.41) is 9.00. The van der Waals surface area contributed by atoms with Crippen LogP contribution in [-0.4, -0.2) is 49.0 Å². The predicted molar refractivity (Wildman–Crippen MR) is 127 cm³/mol. The summed E-state index contributed by atoms with van der Waals surface area (Å²) >= 11 is 0. The summed E-state index contributed by atoms with van der Waals surface area (Å²) in [6.45, 7) is 4.16. The van der Waals surface area contributed by atoms with Gasteiger partial charge in [0.2, 0.25) is 0 Å². The molecule has 3 aromatic heterocycles. The fraction of sp³-hybridized carbons (Fsp3) is 0.360. The molecule has 4 heterocycles. The summed E-state index contributed by atoms with van der Waals surface area (Å²) in [6.07, 6.45) is -4.08. The van der Waals surface area contributed by atoms with E-state index in [2.05, 4.69) is 15.2 Å². The van der Waals surface area contributed by atoms with Crippen molar-refractivity contribution in [3.8, 4) is 17.1 Å². The van der Waals surface area contributed by atoms with E-state index in [9.17, 15) is 18.0 Å². The van der Waals surface area contributed by atoms with Gasteiger partial charge in [-0.05, 0) is 44.5 Å². The van der Waals surface area contributed by atoms with Gasteiger partial charge in [-0.25, -0.2) is 0 Å². The summed E-state index contributed by atoms with van der Waals surface area (Å²) < 4.78 is 48.0. The third kappa shape index (κ3) is 3.78. The Morgan fingerprint density at radius 2 is 1.86 bits per heavy atom. The molecule has 0 unspecified atom stereocenters. The number of carbonyl (C=O) groups is 1. The van der Waals surface area contributed by atoms with E-state index >= 15 is 0 Å². The molecule has 0 radical (unpaired) electrons. The van der Waals surface area contributed by atoms with Crippen molar-refractivity contribution in [2.45, 2.75) is 32.5 Å². The van der Waals surface area contributed by atoms with E-state index in [-0.39, 0.29) is 11.9 Å². The average Bonchev–Trinajstić information content (AvgIpc) is 3.37. The number of nitrogens with zero attached hydrogens (tertiary/aromatic N) is 6. The summed E-state index contributed by atoms with van der Waals surface area (Å²) in [5.74, 6) is 0.481. The number of hydrogen-bond acceptors (Lipinski definition) is 5. The summed E-state index contributed by atoms with van der Waals surface area (Å²) in [7, 11) is 4.75. The zero-order valence-corrected chi connectivity index (χ0v) is 20.5. The van der Waals surface area contributed by atoms with Crippen LogP contribution < -0.4 is 4.74 Å². The minimum absolute atomic E-state index is 0.162. The number of hydrogen-bond donors (Lipinski definition) is 0. The molecule has 11 heteroatoms. The Balaban J connectivity index is 1.50. The molecule has 0 spiro atoms. The first-order valence-electron chi connectivity index (χ1n) is 11.4. The van der Waals surface area contributed by atoms with Gasteiger partial charge < -0.3 is 9.64 Å². The highest BCUT2D eigenvalue weighted by atomic mass is 19.4. The summed E-state index contributed by atoms with van der Waals surface area (Å²) in [4.78, 5) is 19.8. The van der Waals surface area contributed by atoms with Gasteiger partial charge >= 0.3 is 6.18 Å². The monoisotopic (exact) mass is 498 g/mol. The molecule has 0 saturated carbocycles. The number of fused-ring (bicyclic) bond motifs is 2. The van der Waals surface area contributed by atoms with Crippen LogP contribution in [0.5, 0.6) is 5.75 Å². The number of benzene rings is 1. The molecule has 8 nitrogen and oxygen atoms in total. The standard InChI is InChI=1S/C25H25F3N6O2/c1-13-10-20(36-5)17-11-15(6-7-18(17)29-13)24(35)34-9-8-16-22(14(34)2)31-33(4)23(16)19-12-21(25(26,27)28)30-32(19)3/h6-7,10-12,14H,8-9H2,1-5H3/t14-/m0/s1. The summed E-state index contributed by atoms with van der Waals surface area (Å²) in [5.41, 5.74) is 3.49. The molecular formula is C25H25F3N6O2. The van der Waals surface area contributed by atoms with Gasteiger partial charge in [-0.2, -0.15) is 23.4 Å². The molecule has 1 aliphatic rings. The van der Waals surface area contributed by atoms with Crippen LogP contribution in [-0.2, 0) is 26.7 Å². The van der Waals surface area contributed by atoms with E-state index < -0.39 is 11.9 Å². The molecule has 0 fully saturated rings. The van der Waals surface area contributed by atoms with Crippen LogP contribution >= 0.6 is 0 Å². The van der Waals surface area contributed by atoms with Crippen LogP contribution in [0.2, 0.25) is 0 Å². The van der Waals surface area contributed by atoms with Gasteiger partial charge in [0, 0.05) is 48.9 Å². The van der Waals surface area contributed by atoms with Crippen molar-refractivity contribution in [3.63, 3.8) is 0 Å². The first-order valence-corrected chi connectivity index (χ1v) is 11.4. The van der Waals surface area contributed by atoms with Crippen molar-refractivity contribution in [3.05, 3.63) is 58.5 Å². The zero-order valence-electron chi connectivity index (χ0n) is 20.5. The van der Waals surface area contributed by atoms with Crippen LogP contribution in [0.1, 0.15) is 46.0 Å². The number of amides is 1. The number of carbonyl (C=O) groups excluding carboxylic acids is 1. The molecule has 1 amide bonds. The molecule has 0 saturated heterocycles. The highest BCUT2D eigenvalue weighted by Gasteiger charge is 2.37. The van der Waals surface area contributed by atoms with E-state index in [1.807, 2.05) is 19.9 Å². The minimum atomic E-state index is -4.54. The van der Waals surface area contributed by atoms with Crippen molar-refractivity contribution >= 4 is 16.8 Å². The maximum Gasteiger partial charge on any atom is 0.435 e. The molecule has 1 aromatic carbocycles. The lowest BCUT2D eigenvalue weighted by Gasteiger charge is -2.33. The number of rotatable bonds is 3. The molecule has 4 aromatic rings. The second-order valence-electron chi connectivity index (χ2n) is 8.99. The van der Waals surface area contributed by atoms with E-state index in [1.165, 1.54) is 11.7 Å². The number of alkyl halides is 3. The molecule has 36 heavy (non-hydrogen) atoms.